The van der Waals surface area contributed by atoms with Crippen molar-refractivity contribution in [3.05, 3.63) is 228 Å². The Morgan fingerprint density at radius 3 is 0.907 bits per heavy atom. The molecule has 2 heterocycles. The summed E-state index contributed by atoms with van der Waals surface area (Å²) in [6.45, 7) is 0. The van der Waals surface area contributed by atoms with E-state index in [-0.39, 0.29) is 11.6 Å². The zero-order valence-corrected chi connectivity index (χ0v) is 29.1. The van der Waals surface area contributed by atoms with Crippen LogP contribution in [0.25, 0.3) is 33.4 Å². The minimum atomic E-state index is -0.298. The number of benzene rings is 8. The van der Waals surface area contributed by atoms with Gasteiger partial charge in [0.2, 0.25) is 0 Å². The van der Waals surface area contributed by atoms with Crippen LogP contribution in [0, 0.1) is 11.6 Å². The van der Waals surface area contributed by atoms with E-state index in [2.05, 4.69) is 94.7 Å². The molecule has 0 spiro atoms. The summed E-state index contributed by atoms with van der Waals surface area (Å²) in [7, 11) is 0. The Bertz CT molecular complexity index is 2460. The van der Waals surface area contributed by atoms with Crippen LogP contribution in [0.2, 0.25) is 0 Å². The van der Waals surface area contributed by atoms with Crippen LogP contribution < -0.4 is 9.80 Å². The summed E-state index contributed by atoms with van der Waals surface area (Å²) in [5.41, 5.74) is 15.2. The van der Waals surface area contributed by atoms with Crippen LogP contribution in [0.3, 0.4) is 0 Å². The van der Waals surface area contributed by atoms with Gasteiger partial charge in [0.25, 0.3) is 0 Å². The fourth-order valence-corrected chi connectivity index (χ4v) is 8.17. The fraction of sp³-hybridized carbons (Fsp3) is 0. The van der Waals surface area contributed by atoms with Gasteiger partial charge in [-0.15, -0.1) is 0 Å². The standard InChI is InChI=1S/C50H32F2N2/c51-37-27-35(33-15-3-1-4-16-33)29-39(31-37)53-45-23-11-7-19-41(45)49(42-20-8-12-24-46(42)53)50-43-21-9-13-25-47(43)54(48-26-14-10-22-44(48)50)40-30-36(28-38(52)32-40)34-17-5-2-6-18-34/h1-32H. The number of fused-ring (bicyclic) bond motifs is 4. The van der Waals surface area contributed by atoms with Crippen molar-refractivity contribution in [1.29, 1.82) is 0 Å². The lowest BCUT2D eigenvalue weighted by Crippen LogP contribution is -2.22. The average molecular weight is 699 g/mol. The second-order valence-electron chi connectivity index (χ2n) is 13.6. The van der Waals surface area contributed by atoms with Crippen molar-refractivity contribution in [3.8, 4) is 22.3 Å². The number of nitrogens with zero attached hydrogens (tertiary/aromatic N) is 2. The molecule has 0 N–H and O–H groups in total. The molecule has 2 aliphatic rings. The lowest BCUT2D eigenvalue weighted by Gasteiger charge is -2.39. The maximum absolute atomic E-state index is 15.6. The van der Waals surface area contributed by atoms with E-state index >= 15 is 8.78 Å². The summed E-state index contributed by atoms with van der Waals surface area (Å²) in [4.78, 5) is 4.35. The number of anilines is 6. The van der Waals surface area contributed by atoms with Crippen LogP contribution in [0.15, 0.2) is 194 Å². The summed E-state index contributed by atoms with van der Waals surface area (Å²) in [6.07, 6.45) is 0. The van der Waals surface area contributed by atoms with Gasteiger partial charge in [0.15, 0.2) is 0 Å². The van der Waals surface area contributed by atoms with E-state index in [4.69, 9.17) is 0 Å². The molecule has 0 aromatic heterocycles. The summed E-state index contributed by atoms with van der Waals surface area (Å²) < 4.78 is 31.2. The Hall–Kier alpha value is -7.04. The molecule has 8 aromatic rings. The van der Waals surface area contributed by atoms with Crippen LogP contribution in [0.1, 0.15) is 22.3 Å². The number of rotatable bonds is 4. The van der Waals surface area contributed by atoms with Gasteiger partial charge in [-0.1, -0.05) is 133 Å². The first kappa shape index (κ1) is 31.7. The zero-order chi connectivity index (χ0) is 36.2. The SMILES string of the molecule is Fc1cc(-c2ccccc2)cc(N2c3ccccc3C(=C3c4ccccc4N(c4cc(F)cc(-c5ccccc5)c4)c4ccccc43)c3ccccc32)c1. The summed E-state index contributed by atoms with van der Waals surface area (Å²) in [6, 6.07) is 63.9. The summed E-state index contributed by atoms with van der Waals surface area (Å²) >= 11 is 0. The third-order valence-electron chi connectivity index (χ3n) is 10.4. The van der Waals surface area contributed by atoms with Crippen LogP contribution in [0.4, 0.5) is 42.9 Å². The number of halogens is 2. The molecular weight excluding hydrogens is 667 g/mol. The summed E-state index contributed by atoms with van der Waals surface area (Å²) in [5.74, 6) is -0.595. The van der Waals surface area contributed by atoms with E-state index in [9.17, 15) is 0 Å². The third-order valence-corrected chi connectivity index (χ3v) is 10.4. The Morgan fingerprint density at radius 1 is 0.278 bits per heavy atom. The monoisotopic (exact) mass is 698 g/mol. The minimum absolute atomic E-state index is 0.298. The topological polar surface area (TPSA) is 6.48 Å². The molecule has 54 heavy (non-hydrogen) atoms. The molecule has 256 valence electrons. The van der Waals surface area contributed by atoms with Crippen LogP contribution in [-0.2, 0) is 0 Å². The van der Waals surface area contributed by atoms with E-state index in [1.54, 1.807) is 24.3 Å². The normalized spacial score (nSPS) is 12.9. The molecule has 0 unspecified atom stereocenters. The van der Waals surface area contributed by atoms with Crippen molar-refractivity contribution in [3.63, 3.8) is 0 Å². The predicted octanol–water partition coefficient (Wildman–Crippen LogP) is 13.9. The van der Waals surface area contributed by atoms with Gasteiger partial charge in [0.1, 0.15) is 11.6 Å². The van der Waals surface area contributed by atoms with Gasteiger partial charge in [-0.2, -0.15) is 0 Å². The van der Waals surface area contributed by atoms with Gasteiger partial charge >= 0.3 is 0 Å². The van der Waals surface area contributed by atoms with Crippen molar-refractivity contribution in [2.45, 2.75) is 0 Å². The minimum Gasteiger partial charge on any atom is -0.309 e. The maximum Gasteiger partial charge on any atom is 0.125 e. The highest BCUT2D eigenvalue weighted by Gasteiger charge is 2.35. The molecule has 0 bridgehead atoms. The van der Waals surface area contributed by atoms with Gasteiger partial charge in [-0.25, -0.2) is 8.78 Å². The molecule has 10 rings (SSSR count). The van der Waals surface area contributed by atoms with E-state index in [1.165, 1.54) is 0 Å². The molecule has 0 radical (unpaired) electrons. The lowest BCUT2D eigenvalue weighted by molar-refractivity contribution is 0.628. The zero-order valence-electron chi connectivity index (χ0n) is 29.1. The lowest BCUT2D eigenvalue weighted by atomic mass is 9.79. The Morgan fingerprint density at radius 2 is 0.574 bits per heavy atom. The molecule has 8 aromatic carbocycles. The highest BCUT2D eigenvalue weighted by atomic mass is 19.1. The first-order chi connectivity index (χ1) is 26.6. The molecule has 2 nitrogen and oxygen atoms in total. The van der Waals surface area contributed by atoms with Gasteiger partial charge in [0.05, 0.1) is 22.7 Å². The highest BCUT2D eigenvalue weighted by molar-refractivity contribution is 6.17. The van der Waals surface area contributed by atoms with E-state index in [0.29, 0.717) is 0 Å². The highest BCUT2D eigenvalue weighted by Crippen LogP contribution is 2.57. The van der Waals surface area contributed by atoms with Gasteiger partial charge in [-0.3, -0.25) is 0 Å². The third kappa shape index (κ3) is 5.22. The smallest absolute Gasteiger partial charge is 0.125 e. The van der Waals surface area contributed by atoms with Crippen molar-refractivity contribution in [2.75, 3.05) is 9.80 Å². The molecule has 0 saturated carbocycles. The Balaban J connectivity index is 1.22. The van der Waals surface area contributed by atoms with Crippen molar-refractivity contribution < 1.29 is 8.78 Å². The van der Waals surface area contributed by atoms with Crippen LogP contribution >= 0.6 is 0 Å². The van der Waals surface area contributed by atoms with E-state index in [1.807, 2.05) is 84.9 Å². The molecule has 0 saturated heterocycles. The van der Waals surface area contributed by atoms with Crippen LogP contribution in [-0.4, -0.2) is 0 Å². The summed E-state index contributed by atoms with van der Waals surface area (Å²) in [5, 5.41) is 0. The van der Waals surface area contributed by atoms with Crippen LogP contribution in [0.5, 0.6) is 0 Å². The maximum atomic E-state index is 15.6. The molecule has 0 atom stereocenters. The van der Waals surface area contributed by atoms with Crippen molar-refractivity contribution in [1.82, 2.24) is 0 Å². The molecule has 0 amide bonds. The van der Waals surface area contributed by atoms with Crippen molar-refractivity contribution in [2.24, 2.45) is 0 Å². The second-order valence-corrected chi connectivity index (χ2v) is 13.6. The first-order valence-electron chi connectivity index (χ1n) is 18.1. The average Bonchev–Trinajstić information content (AvgIpc) is 3.22. The van der Waals surface area contributed by atoms with Gasteiger partial charge in [0, 0.05) is 44.8 Å². The molecule has 0 aliphatic carbocycles. The van der Waals surface area contributed by atoms with Gasteiger partial charge in [-0.05, 0) is 82.9 Å². The fourth-order valence-electron chi connectivity index (χ4n) is 8.17. The van der Waals surface area contributed by atoms with Gasteiger partial charge < -0.3 is 9.80 Å². The molecule has 0 fully saturated rings. The Labute approximate surface area is 313 Å². The predicted molar refractivity (Wildman–Crippen MR) is 218 cm³/mol. The Kier molecular flexibility index (Phi) is 7.55. The number of hydrogen-bond donors (Lipinski definition) is 0. The quantitative estimate of drug-likeness (QED) is 0.181. The first-order valence-corrected chi connectivity index (χ1v) is 18.1. The molecule has 4 heteroatoms. The number of hydrogen-bond acceptors (Lipinski definition) is 2. The largest absolute Gasteiger partial charge is 0.309 e. The molecular formula is C50H32F2N2. The number of para-hydroxylation sites is 4. The second kappa shape index (κ2) is 12.9. The van der Waals surface area contributed by atoms with E-state index in [0.717, 1.165) is 89.8 Å². The van der Waals surface area contributed by atoms with Crippen molar-refractivity contribution >= 4 is 45.3 Å². The van der Waals surface area contributed by atoms with E-state index < -0.39 is 0 Å². The molecule has 2 aliphatic heterocycles.